The number of carbonyl (C=O) groups excluding carboxylic acids is 1. The smallest absolute Gasteiger partial charge is 0.262 e. The average Bonchev–Trinajstić information content (AvgIpc) is 3.69. The number of aryl methyl sites for hydroxylation is 2. The molecular weight excluding hydrogens is 598 g/mol. The van der Waals surface area contributed by atoms with E-state index in [4.69, 9.17) is 4.98 Å². The molecule has 238 valence electrons. The van der Waals surface area contributed by atoms with Crippen LogP contribution in [0.4, 0.5) is 0 Å². The van der Waals surface area contributed by atoms with E-state index in [1.54, 1.807) is 17.4 Å². The molecule has 46 heavy (non-hydrogen) atoms. The molecule has 1 N–H and O–H groups in total. The number of hydrogen-bond donors (Lipinski definition) is 1. The van der Waals surface area contributed by atoms with E-state index in [2.05, 4.69) is 33.1 Å². The number of rotatable bonds is 7. The van der Waals surface area contributed by atoms with Crippen molar-refractivity contribution in [2.24, 2.45) is 13.0 Å². The first kappa shape index (κ1) is 30.5. The minimum absolute atomic E-state index is 0.0628. The Balaban J connectivity index is 1.02. The number of piperidine rings is 2. The monoisotopic (exact) mass is 637 g/mol. The molecule has 10 nitrogen and oxygen atoms in total. The maximum Gasteiger partial charge on any atom is 0.262 e. The molecule has 2 aliphatic rings. The number of carbonyl (C=O) groups is 1. The van der Waals surface area contributed by atoms with Gasteiger partial charge in [-0.15, -0.1) is 11.3 Å². The Morgan fingerprint density at radius 1 is 1.07 bits per heavy atom. The van der Waals surface area contributed by atoms with Gasteiger partial charge in [0.05, 0.1) is 29.0 Å². The van der Waals surface area contributed by atoms with Crippen LogP contribution in [0.1, 0.15) is 41.4 Å². The lowest BCUT2D eigenvalue weighted by atomic mass is 9.79. The molecule has 2 saturated heterocycles. The van der Waals surface area contributed by atoms with Crippen molar-refractivity contribution in [1.29, 1.82) is 0 Å². The van der Waals surface area contributed by atoms with Crippen LogP contribution in [0.25, 0.3) is 21.5 Å². The number of thiazole rings is 1. The van der Waals surface area contributed by atoms with E-state index < -0.39 is 5.60 Å². The van der Waals surface area contributed by atoms with E-state index in [9.17, 15) is 14.7 Å². The van der Waals surface area contributed by atoms with Crippen LogP contribution in [-0.4, -0.2) is 76.7 Å². The largest absolute Gasteiger partial charge is 0.388 e. The average molecular weight is 638 g/mol. The van der Waals surface area contributed by atoms with E-state index >= 15 is 0 Å². The summed E-state index contributed by atoms with van der Waals surface area (Å²) in [6.45, 7) is 5.43. The number of likely N-dealkylation sites (tertiary alicyclic amines) is 2. The molecule has 2 atom stereocenters. The van der Waals surface area contributed by atoms with Gasteiger partial charge in [0.25, 0.3) is 5.56 Å². The fourth-order valence-electron chi connectivity index (χ4n) is 7.05. The normalized spacial score (nSPS) is 20.3. The predicted molar refractivity (Wildman–Crippen MR) is 178 cm³/mol. The summed E-state index contributed by atoms with van der Waals surface area (Å²) in [5, 5.41) is 13.1. The van der Waals surface area contributed by atoms with Gasteiger partial charge >= 0.3 is 0 Å². The number of nitrogens with zero attached hydrogens (tertiary/aromatic N) is 7. The van der Waals surface area contributed by atoms with Crippen LogP contribution < -0.4 is 5.56 Å². The summed E-state index contributed by atoms with van der Waals surface area (Å²) in [6.07, 6.45) is 8.71. The topological polar surface area (TPSA) is 109 Å². The Kier molecular flexibility index (Phi) is 8.31. The molecule has 0 radical (unpaired) electrons. The standard InChI is InChI=1S/C35H39N7O3S/c1-24-18-26(8-13-36-24)30-19-37-31(46-30)21-40-15-10-27(29(20-40)25-6-4-3-5-7-25)33(43)41-16-11-35(45,12-17-41)22-42-23-38-32-28(34(42)44)9-14-39(32)2/h3-9,13-14,18-19,23,27,29,45H,10-12,15-17,20-22H2,1-2H3/t27-,29+/m1/s1. The molecule has 1 aromatic carbocycles. The Bertz CT molecular complexity index is 1910. The van der Waals surface area contributed by atoms with Gasteiger partial charge < -0.3 is 14.6 Å². The molecule has 2 aliphatic heterocycles. The highest BCUT2D eigenvalue weighted by molar-refractivity contribution is 7.15. The maximum absolute atomic E-state index is 14.1. The van der Waals surface area contributed by atoms with Crippen molar-refractivity contribution < 1.29 is 9.90 Å². The third-order valence-electron chi connectivity index (χ3n) is 9.66. The van der Waals surface area contributed by atoms with Crippen LogP contribution in [0, 0.1) is 12.8 Å². The molecule has 0 aliphatic carbocycles. The predicted octanol–water partition coefficient (Wildman–Crippen LogP) is 4.22. The molecule has 7 rings (SSSR count). The zero-order valence-electron chi connectivity index (χ0n) is 26.2. The zero-order chi connectivity index (χ0) is 31.8. The maximum atomic E-state index is 14.1. The van der Waals surface area contributed by atoms with E-state index in [1.807, 2.05) is 66.3 Å². The number of aliphatic hydroxyl groups is 1. The number of fused-ring (bicyclic) bond motifs is 1. The molecule has 0 saturated carbocycles. The summed E-state index contributed by atoms with van der Waals surface area (Å²) in [5.74, 6) is 0.0845. The summed E-state index contributed by atoms with van der Waals surface area (Å²) in [5.41, 5.74) is 2.70. The van der Waals surface area contributed by atoms with Gasteiger partial charge in [-0.1, -0.05) is 30.3 Å². The van der Waals surface area contributed by atoms with Crippen molar-refractivity contribution in [3.05, 3.63) is 100 Å². The quantitative estimate of drug-likeness (QED) is 0.285. The van der Waals surface area contributed by atoms with Crippen molar-refractivity contribution in [2.45, 2.75) is 50.8 Å². The van der Waals surface area contributed by atoms with Crippen LogP contribution in [-0.2, 0) is 24.9 Å². The minimum atomic E-state index is -1.07. The molecule has 2 fully saturated rings. The Morgan fingerprint density at radius 2 is 1.87 bits per heavy atom. The zero-order valence-corrected chi connectivity index (χ0v) is 27.1. The fourth-order valence-corrected chi connectivity index (χ4v) is 8.01. The lowest BCUT2D eigenvalue weighted by molar-refractivity contribution is -0.142. The highest BCUT2D eigenvalue weighted by Crippen LogP contribution is 2.37. The summed E-state index contributed by atoms with van der Waals surface area (Å²) >= 11 is 1.71. The number of amides is 1. The van der Waals surface area contributed by atoms with Crippen LogP contribution >= 0.6 is 11.3 Å². The van der Waals surface area contributed by atoms with Crippen LogP contribution in [0.5, 0.6) is 0 Å². The lowest BCUT2D eigenvalue weighted by Gasteiger charge is -2.43. The molecule has 1 amide bonds. The van der Waals surface area contributed by atoms with Gasteiger partial charge in [0, 0.05) is 62.8 Å². The fraction of sp³-hybridized carbons (Fsp3) is 0.400. The van der Waals surface area contributed by atoms with Gasteiger partial charge in [0.15, 0.2) is 0 Å². The Morgan fingerprint density at radius 3 is 2.65 bits per heavy atom. The summed E-state index contributed by atoms with van der Waals surface area (Å²) in [6, 6.07) is 16.2. The van der Waals surface area contributed by atoms with E-state index in [0.29, 0.717) is 37.0 Å². The van der Waals surface area contributed by atoms with Gasteiger partial charge in [-0.3, -0.25) is 24.0 Å². The van der Waals surface area contributed by atoms with E-state index in [0.717, 1.165) is 47.2 Å². The molecule has 4 aromatic heterocycles. The van der Waals surface area contributed by atoms with Crippen molar-refractivity contribution in [1.82, 2.24) is 33.9 Å². The summed E-state index contributed by atoms with van der Waals surface area (Å²) < 4.78 is 3.32. The Hall–Kier alpha value is -4.19. The number of hydrogen-bond acceptors (Lipinski definition) is 8. The summed E-state index contributed by atoms with van der Waals surface area (Å²) in [7, 11) is 1.85. The van der Waals surface area contributed by atoms with Crippen molar-refractivity contribution >= 4 is 28.3 Å². The van der Waals surface area contributed by atoms with Gasteiger partial charge in [-0.05, 0) is 62.1 Å². The van der Waals surface area contributed by atoms with E-state index in [1.165, 1.54) is 16.5 Å². The first-order valence-electron chi connectivity index (χ1n) is 15.9. The van der Waals surface area contributed by atoms with Crippen LogP contribution in [0.2, 0.25) is 0 Å². The molecule has 5 aromatic rings. The lowest BCUT2D eigenvalue weighted by Crippen LogP contribution is -2.53. The third-order valence-corrected chi connectivity index (χ3v) is 10.7. The Labute approximate surface area is 272 Å². The van der Waals surface area contributed by atoms with E-state index in [-0.39, 0.29) is 29.8 Å². The first-order valence-corrected chi connectivity index (χ1v) is 16.7. The second-order valence-corrected chi connectivity index (χ2v) is 14.0. The van der Waals surface area contributed by atoms with Gasteiger partial charge in [0.2, 0.25) is 5.91 Å². The van der Waals surface area contributed by atoms with Crippen molar-refractivity contribution in [3.63, 3.8) is 0 Å². The second-order valence-electron chi connectivity index (χ2n) is 12.8. The SMILES string of the molecule is Cc1cc(-c2cnc(CN3CC[C@@H](C(=O)N4CCC(O)(Cn5cnc6c(ccn6C)c5=O)CC4)[C@H](c4ccccc4)C3)s2)ccn1. The van der Waals surface area contributed by atoms with Crippen LogP contribution in [0.15, 0.2) is 78.2 Å². The third kappa shape index (κ3) is 6.14. The van der Waals surface area contributed by atoms with Gasteiger partial charge in [-0.2, -0.15) is 0 Å². The number of pyridine rings is 1. The highest BCUT2D eigenvalue weighted by atomic mass is 32.1. The van der Waals surface area contributed by atoms with Crippen molar-refractivity contribution in [3.8, 4) is 10.4 Å². The van der Waals surface area contributed by atoms with Crippen LogP contribution in [0.3, 0.4) is 0 Å². The molecule has 6 heterocycles. The molecule has 0 spiro atoms. The summed E-state index contributed by atoms with van der Waals surface area (Å²) in [4.78, 5) is 46.1. The second kappa shape index (κ2) is 12.5. The molecule has 0 unspecified atom stereocenters. The van der Waals surface area contributed by atoms with Gasteiger partial charge in [0.1, 0.15) is 17.0 Å². The highest BCUT2D eigenvalue weighted by Gasteiger charge is 2.41. The van der Waals surface area contributed by atoms with Crippen molar-refractivity contribution in [2.75, 3.05) is 26.2 Å². The number of benzene rings is 1. The van der Waals surface area contributed by atoms with Gasteiger partial charge in [-0.25, -0.2) is 9.97 Å². The molecular formula is C35H39N7O3S. The number of aromatic nitrogens is 5. The first-order chi connectivity index (χ1) is 22.3. The minimum Gasteiger partial charge on any atom is -0.388 e. The molecule has 11 heteroatoms. The molecule has 0 bridgehead atoms.